The van der Waals surface area contributed by atoms with Gasteiger partial charge in [-0.05, 0) is 48.0 Å². The van der Waals surface area contributed by atoms with Gasteiger partial charge in [-0.15, -0.1) is 0 Å². The number of primary amides is 1. The van der Waals surface area contributed by atoms with Gasteiger partial charge in [0.15, 0.2) is 11.5 Å². The van der Waals surface area contributed by atoms with E-state index in [0.717, 1.165) is 5.56 Å². The molecule has 7 heteroatoms. The molecular weight excluding hydrogens is 336 g/mol. The van der Waals surface area contributed by atoms with Crippen molar-refractivity contribution in [1.29, 1.82) is 0 Å². The van der Waals surface area contributed by atoms with Crippen LogP contribution in [0.2, 0.25) is 0 Å². The fraction of sp³-hybridized carbons (Fsp3) is 0.158. The second-order valence-corrected chi connectivity index (χ2v) is 5.51. The highest BCUT2D eigenvalue weighted by Crippen LogP contribution is 2.40. The van der Waals surface area contributed by atoms with Crippen LogP contribution in [0.1, 0.15) is 15.9 Å². The highest BCUT2D eigenvalue weighted by molar-refractivity contribution is 6.02. The highest BCUT2D eigenvalue weighted by atomic mass is 16.6. The van der Waals surface area contributed by atoms with Crippen molar-refractivity contribution < 1.29 is 23.8 Å². The Morgan fingerprint density at radius 1 is 1.15 bits per heavy atom. The first kappa shape index (κ1) is 17.3. The third kappa shape index (κ3) is 3.94. The molecule has 3 N–H and O–H groups in total. The van der Waals surface area contributed by atoms with E-state index < -0.39 is 5.91 Å². The molecule has 7 nitrogen and oxygen atoms in total. The summed E-state index contributed by atoms with van der Waals surface area (Å²) in [6.07, 6.45) is 3.04. The average Bonchev–Trinajstić information content (AvgIpc) is 2.66. The Kier molecular flexibility index (Phi) is 5.07. The van der Waals surface area contributed by atoms with Crippen molar-refractivity contribution in [1.82, 2.24) is 0 Å². The summed E-state index contributed by atoms with van der Waals surface area (Å²) in [6.45, 7) is 0.931. The number of hydrogen-bond acceptors (Lipinski definition) is 5. The third-order valence-corrected chi connectivity index (χ3v) is 3.71. The minimum atomic E-state index is -0.518. The van der Waals surface area contributed by atoms with Gasteiger partial charge >= 0.3 is 0 Å². The molecule has 0 radical (unpaired) electrons. The van der Waals surface area contributed by atoms with Gasteiger partial charge in [0.2, 0.25) is 17.6 Å². The molecule has 26 heavy (non-hydrogen) atoms. The number of methoxy groups -OCH3 is 1. The molecule has 1 aliphatic rings. The van der Waals surface area contributed by atoms with E-state index in [-0.39, 0.29) is 5.91 Å². The van der Waals surface area contributed by atoms with E-state index in [0.29, 0.717) is 41.7 Å². The molecule has 0 aliphatic carbocycles. The SMILES string of the molecule is COc1cc(/C=C/C(=O)Nc2ccc(C(N)=O)cc2)cc2c1OCCO2. The number of hydrogen-bond donors (Lipinski definition) is 2. The highest BCUT2D eigenvalue weighted by Gasteiger charge is 2.17. The van der Waals surface area contributed by atoms with Crippen LogP contribution in [0.5, 0.6) is 17.2 Å². The zero-order valence-corrected chi connectivity index (χ0v) is 14.2. The minimum absolute atomic E-state index is 0.314. The number of nitrogens with one attached hydrogen (secondary N) is 1. The van der Waals surface area contributed by atoms with Gasteiger partial charge in [0.1, 0.15) is 13.2 Å². The van der Waals surface area contributed by atoms with Gasteiger partial charge in [-0.2, -0.15) is 0 Å². The first-order valence-electron chi connectivity index (χ1n) is 7.93. The summed E-state index contributed by atoms with van der Waals surface area (Å²) in [7, 11) is 1.55. The Bertz CT molecular complexity index is 842. The van der Waals surface area contributed by atoms with Crippen LogP contribution in [-0.4, -0.2) is 32.1 Å². The van der Waals surface area contributed by atoms with Crippen molar-refractivity contribution in [2.75, 3.05) is 25.6 Å². The van der Waals surface area contributed by atoms with E-state index in [9.17, 15) is 9.59 Å². The molecule has 2 aromatic carbocycles. The first-order valence-corrected chi connectivity index (χ1v) is 7.93. The van der Waals surface area contributed by atoms with E-state index in [1.807, 2.05) is 0 Å². The number of carbonyl (C=O) groups is 2. The largest absolute Gasteiger partial charge is 0.493 e. The maximum atomic E-state index is 12.1. The van der Waals surface area contributed by atoms with Crippen LogP contribution < -0.4 is 25.3 Å². The molecule has 3 rings (SSSR count). The van der Waals surface area contributed by atoms with Crippen LogP contribution in [0, 0.1) is 0 Å². The molecule has 0 spiro atoms. The van der Waals surface area contributed by atoms with Crippen molar-refractivity contribution in [2.45, 2.75) is 0 Å². The van der Waals surface area contributed by atoms with Crippen molar-refractivity contribution >= 4 is 23.6 Å². The molecule has 0 unspecified atom stereocenters. The Labute approximate surface area is 150 Å². The number of ether oxygens (including phenoxy) is 3. The topological polar surface area (TPSA) is 99.9 Å². The van der Waals surface area contributed by atoms with Crippen LogP contribution in [0.3, 0.4) is 0 Å². The van der Waals surface area contributed by atoms with E-state index >= 15 is 0 Å². The molecule has 2 amide bonds. The fourth-order valence-electron chi connectivity index (χ4n) is 2.46. The molecule has 2 aromatic rings. The molecule has 1 heterocycles. The summed E-state index contributed by atoms with van der Waals surface area (Å²) >= 11 is 0. The van der Waals surface area contributed by atoms with Gasteiger partial charge in [0.25, 0.3) is 0 Å². The Hall–Kier alpha value is -3.48. The van der Waals surface area contributed by atoms with Crippen molar-refractivity contribution in [3.8, 4) is 17.2 Å². The maximum absolute atomic E-state index is 12.1. The van der Waals surface area contributed by atoms with E-state index in [1.54, 1.807) is 49.6 Å². The maximum Gasteiger partial charge on any atom is 0.248 e. The van der Waals surface area contributed by atoms with Crippen LogP contribution >= 0.6 is 0 Å². The summed E-state index contributed by atoms with van der Waals surface area (Å²) in [5, 5.41) is 2.70. The number of anilines is 1. The fourth-order valence-corrected chi connectivity index (χ4v) is 2.46. The molecule has 0 saturated heterocycles. The summed E-state index contributed by atoms with van der Waals surface area (Å²) in [6, 6.07) is 9.86. The van der Waals surface area contributed by atoms with Crippen molar-refractivity contribution in [3.63, 3.8) is 0 Å². The predicted octanol–water partition coefficient (Wildman–Crippen LogP) is 2.22. The quantitative estimate of drug-likeness (QED) is 0.802. The van der Waals surface area contributed by atoms with Gasteiger partial charge in [-0.1, -0.05) is 0 Å². The number of benzene rings is 2. The van der Waals surface area contributed by atoms with Crippen molar-refractivity contribution in [3.05, 3.63) is 53.6 Å². The summed E-state index contributed by atoms with van der Waals surface area (Å²) in [5.74, 6) is 0.859. The van der Waals surface area contributed by atoms with Gasteiger partial charge in [0.05, 0.1) is 7.11 Å². The standard InChI is InChI=1S/C19H18N2O5/c1-24-15-10-12(11-16-18(15)26-9-8-25-16)2-7-17(22)21-14-5-3-13(4-6-14)19(20)23/h2-7,10-11H,8-9H2,1H3,(H2,20,23)(H,21,22)/b7-2+. The smallest absolute Gasteiger partial charge is 0.248 e. The number of nitrogens with two attached hydrogens (primary N) is 1. The zero-order valence-electron chi connectivity index (χ0n) is 14.2. The normalized spacial score (nSPS) is 12.7. The van der Waals surface area contributed by atoms with Crippen LogP contribution in [-0.2, 0) is 4.79 Å². The molecule has 1 aliphatic heterocycles. The Morgan fingerprint density at radius 2 is 1.88 bits per heavy atom. The van der Waals surface area contributed by atoms with Gasteiger partial charge < -0.3 is 25.3 Å². The molecule has 134 valence electrons. The summed E-state index contributed by atoms with van der Waals surface area (Å²) < 4.78 is 16.4. The van der Waals surface area contributed by atoms with E-state index in [1.165, 1.54) is 6.08 Å². The summed E-state index contributed by atoms with van der Waals surface area (Å²) in [4.78, 5) is 23.1. The van der Waals surface area contributed by atoms with E-state index in [2.05, 4.69) is 5.32 Å². The molecule has 0 saturated carbocycles. The van der Waals surface area contributed by atoms with Gasteiger partial charge in [0, 0.05) is 17.3 Å². The van der Waals surface area contributed by atoms with Crippen LogP contribution in [0.15, 0.2) is 42.5 Å². The van der Waals surface area contributed by atoms with Gasteiger partial charge in [-0.25, -0.2) is 0 Å². The number of carbonyl (C=O) groups excluding carboxylic acids is 2. The molecule has 0 bridgehead atoms. The van der Waals surface area contributed by atoms with Crippen molar-refractivity contribution in [2.24, 2.45) is 5.73 Å². The lowest BCUT2D eigenvalue weighted by Crippen LogP contribution is -2.16. The third-order valence-electron chi connectivity index (χ3n) is 3.71. The second kappa shape index (κ2) is 7.60. The average molecular weight is 354 g/mol. The van der Waals surface area contributed by atoms with Crippen LogP contribution in [0.25, 0.3) is 6.08 Å². The molecule has 0 atom stereocenters. The lowest BCUT2D eigenvalue weighted by Gasteiger charge is -2.20. The number of fused-ring (bicyclic) bond motifs is 1. The Morgan fingerprint density at radius 3 is 2.58 bits per heavy atom. The van der Waals surface area contributed by atoms with E-state index in [4.69, 9.17) is 19.9 Å². The lowest BCUT2D eigenvalue weighted by atomic mass is 10.1. The number of rotatable bonds is 5. The number of amides is 2. The molecule has 0 fully saturated rings. The zero-order chi connectivity index (χ0) is 18.5. The van der Waals surface area contributed by atoms with Gasteiger partial charge in [-0.3, -0.25) is 9.59 Å². The molecular formula is C19H18N2O5. The molecule has 0 aromatic heterocycles. The monoisotopic (exact) mass is 354 g/mol. The lowest BCUT2D eigenvalue weighted by molar-refractivity contribution is -0.111. The summed E-state index contributed by atoms with van der Waals surface area (Å²) in [5.41, 5.74) is 6.86. The minimum Gasteiger partial charge on any atom is -0.493 e. The Balaban J connectivity index is 1.71. The van der Waals surface area contributed by atoms with Crippen LogP contribution in [0.4, 0.5) is 5.69 Å². The predicted molar refractivity (Wildman–Crippen MR) is 96.6 cm³/mol. The second-order valence-electron chi connectivity index (χ2n) is 5.51. The first-order chi connectivity index (χ1) is 12.6.